The van der Waals surface area contributed by atoms with Crippen molar-refractivity contribution in [1.29, 1.82) is 0 Å². The molecule has 7 heteroatoms. The predicted molar refractivity (Wildman–Crippen MR) is 87.3 cm³/mol. The van der Waals surface area contributed by atoms with Crippen molar-refractivity contribution in [3.63, 3.8) is 0 Å². The van der Waals surface area contributed by atoms with Gasteiger partial charge in [-0.1, -0.05) is 22.0 Å². The fourth-order valence-electron chi connectivity index (χ4n) is 1.64. The molecule has 0 spiro atoms. The van der Waals surface area contributed by atoms with E-state index in [4.69, 9.17) is 4.74 Å². The maximum Gasteiger partial charge on any atom is 0.323 e. The van der Waals surface area contributed by atoms with Crippen LogP contribution in [0.5, 0.6) is 6.01 Å². The van der Waals surface area contributed by atoms with Crippen molar-refractivity contribution in [2.45, 2.75) is 26.9 Å². The summed E-state index contributed by atoms with van der Waals surface area (Å²) < 4.78 is 6.52. The fraction of sp³-hybridized carbons (Fsp3) is 0.357. The van der Waals surface area contributed by atoms with Crippen molar-refractivity contribution < 1.29 is 4.74 Å². The second-order valence-corrected chi connectivity index (χ2v) is 5.68. The molecule has 6 nitrogen and oxygen atoms in total. The average molecular weight is 352 g/mol. The zero-order valence-electron chi connectivity index (χ0n) is 12.4. The maximum absolute atomic E-state index is 5.54. The third-order valence-electron chi connectivity index (χ3n) is 2.63. The number of aromatic nitrogens is 3. The van der Waals surface area contributed by atoms with Crippen LogP contribution < -0.4 is 15.4 Å². The van der Waals surface area contributed by atoms with Gasteiger partial charge in [-0.3, -0.25) is 0 Å². The summed E-state index contributed by atoms with van der Waals surface area (Å²) in [5.41, 5.74) is 2.02. The normalized spacial score (nSPS) is 10.6. The van der Waals surface area contributed by atoms with E-state index in [0.29, 0.717) is 17.9 Å². The zero-order chi connectivity index (χ0) is 15.4. The zero-order valence-corrected chi connectivity index (χ0v) is 14.0. The third kappa shape index (κ3) is 4.29. The molecule has 1 aromatic heterocycles. The number of halogens is 1. The van der Waals surface area contributed by atoms with Crippen molar-refractivity contribution in [2.75, 3.05) is 17.7 Å². The molecular weight excluding hydrogens is 334 g/mol. The van der Waals surface area contributed by atoms with Crippen molar-refractivity contribution in [1.82, 2.24) is 15.0 Å². The van der Waals surface area contributed by atoms with Gasteiger partial charge in [0.15, 0.2) is 0 Å². The number of benzene rings is 1. The standard InChI is InChI=1S/C14H18BrN5O/c1-8(2)21-14-19-12(16-4)18-13(20-14)17-11-7-10(15)6-5-9(11)3/h5-8H,1-4H3,(H2,16,17,18,19,20). The molecule has 2 rings (SSSR count). The van der Waals surface area contributed by atoms with Gasteiger partial charge >= 0.3 is 6.01 Å². The molecule has 2 N–H and O–H groups in total. The molecule has 0 amide bonds. The summed E-state index contributed by atoms with van der Waals surface area (Å²) in [5.74, 6) is 0.891. The number of ether oxygens (including phenoxy) is 1. The summed E-state index contributed by atoms with van der Waals surface area (Å²) in [7, 11) is 1.75. The Morgan fingerprint density at radius 2 is 1.86 bits per heavy atom. The highest BCUT2D eigenvalue weighted by molar-refractivity contribution is 9.10. The van der Waals surface area contributed by atoms with Crippen molar-refractivity contribution in [3.8, 4) is 6.01 Å². The van der Waals surface area contributed by atoms with E-state index >= 15 is 0 Å². The van der Waals surface area contributed by atoms with Gasteiger partial charge in [0.05, 0.1) is 6.10 Å². The molecule has 2 aromatic rings. The summed E-state index contributed by atoms with van der Waals surface area (Å²) in [4.78, 5) is 12.7. The highest BCUT2D eigenvalue weighted by Gasteiger charge is 2.09. The molecule has 0 radical (unpaired) electrons. The molecule has 0 atom stereocenters. The molecule has 0 saturated heterocycles. The Bertz CT molecular complexity index is 633. The minimum Gasteiger partial charge on any atom is -0.461 e. The Hall–Kier alpha value is -1.89. The first-order chi connectivity index (χ1) is 9.97. The molecule has 0 aliphatic rings. The molecule has 21 heavy (non-hydrogen) atoms. The van der Waals surface area contributed by atoms with Gasteiger partial charge in [-0.15, -0.1) is 0 Å². The van der Waals surface area contributed by atoms with E-state index in [9.17, 15) is 0 Å². The lowest BCUT2D eigenvalue weighted by molar-refractivity contribution is 0.222. The van der Waals surface area contributed by atoms with Gasteiger partial charge in [-0.05, 0) is 38.5 Å². The Balaban J connectivity index is 2.32. The van der Waals surface area contributed by atoms with Crippen LogP contribution in [0.25, 0.3) is 0 Å². The molecule has 0 saturated carbocycles. The van der Waals surface area contributed by atoms with Gasteiger partial charge in [-0.2, -0.15) is 15.0 Å². The van der Waals surface area contributed by atoms with Crippen LogP contribution in [-0.2, 0) is 0 Å². The second kappa shape index (κ2) is 6.71. The van der Waals surface area contributed by atoms with E-state index in [1.54, 1.807) is 7.05 Å². The van der Waals surface area contributed by atoms with Gasteiger partial charge in [-0.25, -0.2) is 0 Å². The summed E-state index contributed by atoms with van der Waals surface area (Å²) >= 11 is 3.45. The molecule has 0 unspecified atom stereocenters. The summed E-state index contributed by atoms with van der Waals surface area (Å²) in [6, 6.07) is 6.26. The lowest BCUT2D eigenvalue weighted by atomic mass is 10.2. The molecule has 0 aliphatic heterocycles. The maximum atomic E-state index is 5.54. The van der Waals surface area contributed by atoms with Crippen LogP contribution in [0.1, 0.15) is 19.4 Å². The lowest BCUT2D eigenvalue weighted by Crippen LogP contribution is -2.12. The largest absolute Gasteiger partial charge is 0.461 e. The van der Waals surface area contributed by atoms with E-state index in [1.165, 1.54) is 0 Å². The molecule has 0 fully saturated rings. The molecular formula is C14H18BrN5O. The smallest absolute Gasteiger partial charge is 0.323 e. The van der Waals surface area contributed by atoms with Crippen LogP contribution in [0.3, 0.4) is 0 Å². The number of nitrogens with one attached hydrogen (secondary N) is 2. The van der Waals surface area contributed by atoms with E-state index in [0.717, 1.165) is 15.7 Å². The average Bonchev–Trinajstić information content (AvgIpc) is 2.42. The Kier molecular flexibility index (Phi) is 4.95. The van der Waals surface area contributed by atoms with Gasteiger partial charge in [0.25, 0.3) is 0 Å². The van der Waals surface area contributed by atoms with Crippen LogP contribution >= 0.6 is 15.9 Å². The monoisotopic (exact) mass is 351 g/mol. The molecule has 0 bridgehead atoms. The topological polar surface area (TPSA) is 72.0 Å². The van der Waals surface area contributed by atoms with Crippen molar-refractivity contribution in [2.24, 2.45) is 0 Å². The number of hydrogen-bond acceptors (Lipinski definition) is 6. The van der Waals surface area contributed by atoms with Gasteiger partial charge in [0.2, 0.25) is 11.9 Å². The summed E-state index contributed by atoms with van der Waals surface area (Å²) in [6.45, 7) is 5.86. The van der Waals surface area contributed by atoms with E-state index in [1.807, 2.05) is 39.0 Å². The first-order valence-corrected chi connectivity index (χ1v) is 7.41. The highest BCUT2D eigenvalue weighted by Crippen LogP contribution is 2.24. The summed E-state index contributed by atoms with van der Waals surface area (Å²) in [6.07, 6.45) is -0.00226. The number of nitrogens with zero attached hydrogens (tertiary/aromatic N) is 3. The van der Waals surface area contributed by atoms with Crippen molar-refractivity contribution in [3.05, 3.63) is 28.2 Å². The minimum atomic E-state index is -0.00226. The van der Waals surface area contributed by atoms with Crippen LogP contribution in [-0.4, -0.2) is 28.1 Å². The quantitative estimate of drug-likeness (QED) is 0.858. The van der Waals surface area contributed by atoms with Gasteiger partial charge < -0.3 is 15.4 Å². The fourth-order valence-corrected chi connectivity index (χ4v) is 2.00. The number of hydrogen-bond donors (Lipinski definition) is 2. The van der Waals surface area contributed by atoms with Gasteiger partial charge in [0.1, 0.15) is 0 Å². The number of aryl methyl sites for hydroxylation is 1. The predicted octanol–water partition coefficient (Wildman–Crippen LogP) is 3.52. The van der Waals surface area contributed by atoms with Crippen LogP contribution in [0.15, 0.2) is 22.7 Å². The van der Waals surface area contributed by atoms with Crippen LogP contribution in [0.4, 0.5) is 17.6 Å². The third-order valence-corrected chi connectivity index (χ3v) is 3.12. The number of anilines is 3. The second-order valence-electron chi connectivity index (χ2n) is 4.77. The van der Waals surface area contributed by atoms with Crippen molar-refractivity contribution >= 4 is 33.5 Å². The number of rotatable bonds is 5. The Labute approximate surface area is 132 Å². The van der Waals surface area contributed by atoms with E-state index in [-0.39, 0.29) is 6.10 Å². The summed E-state index contributed by atoms with van der Waals surface area (Å²) in [5, 5.41) is 6.09. The minimum absolute atomic E-state index is 0.00226. The molecule has 1 heterocycles. The molecule has 112 valence electrons. The van der Waals surface area contributed by atoms with Crippen LogP contribution in [0.2, 0.25) is 0 Å². The first kappa shape index (κ1) is 15.5. The SMILES string of the molecule is CNc1nc(Nc2cc(Br)ccc2C)nc(OC(C)C)n1. The molecule has 0 aliphatic carbocycles. The van der Waals surface area contributed by atoms with E-state index in [2.05, 4.69) is 41.5 Å². The Morgan fingerprint density at radius 3 is 2.52 bits per heavy atom. The lowest BCUT2D eigenvalue weighted by Gasteiger charge is -2.12. The van der Waals surface area contributed by atoms with E-state index < -0.39 is 0 Å². The highest BCUT2D eigenvalue weighted by atomic mass is 79.9. The Morgan fingerprint density at radius 1 is 1.14 bits per heavy atom. The van der Waals surface area contributed by atoms with Crippen LogP contribution in [0, 0.1) is 6.92 Å². The molecule has 1 aromatic carbocycles. The van der Waals surface area contributed by atoms with Gasteiger partial charge in [0, 0.05) is 17.2 Å². The first-order valence-electron chi connectivity index (χ1n) is 6.61.